The van der Waals surface area contributed by atoms with Crippen molar-refractivity contribution >= 4 is 16.3 Å². The number of hydrogen-bond acceptors (Lipinski definition) is 10. The Morgan fingerprint density at radius 2 is 0.800 bits per heavy atom. The van der Waals surface area contributed by atoms with Gasteiger partial charge in [0.25, 0.3) is 0 Å². The summed E-state index contributed by atoms with van der Waals surface area (Å²) in [7, 11) is -5.08. The van der Waals surface area contributed by atoms with Crippen molar-refractivity contribution in [2.24, 2.45) is 0 Å². The predicted molar refractivity (Wildman–Crippen MR) is 333 cm³/mol. The van der Waals surface area contributed by atoms with Crippen molar-refractivity contribution in [3.63, 3.8) is 0 Å². The monoisotopic (exact) mass is 1160 g/mol. The third kappa shape index (κ3) is 48.1. The smallest absolute Gasteiger partial charge is 0.394 e. The molecule has 0 aliphatic carbocycles. The zero-order valence-electron chi connectivity index (χ0n) is 52.2. The number of hydrogen-bond donors (Lipinski definition) is 6. The molecule has 12 nitrogen and oxygen atoms in total. The average Bonchev–Trinajstić information content (AvgIpc) is 3.47. The van der Waals surface area contributed by atoms with Gasteiger partial charge in [0.05, 0.1) is 25.4 Å². The van der Waals surface area contributed by atoms with Crippen LogP contribution in [0.1, 0.15) is 354 Å². The van der Waals surface area contributed by atoms with E-state index in [1.165, 1.54) is 276 Å². The first kappa shape index (κ1) is 76.9. The van der Waals surface area contributed by atoms with Crippen LogP contribution in [0.5, 0.6) is 0 Å². The first-order valence-electron chi connectivity index (χ1n) is 34.6. The Morgan fingerprint density at radius 1 is 0.487 bits per heavy atom. The van der Waals surface area contributed by atoms with Crippen molar-refractivity contribution in [1.29, 1.82) is 0 Å². The Bertz CT molecular complexity index is 1450. The van der Waals surface area contributed by atoms with Crippen LogP contribution in [0.25, 0.3) is 0 Å². The fourth-order valence-electron chi connectivity index (χ4n) is 11.5. The zero-order chi connectivity index (χ0) is 58.3. The van der Waals surface area contributed by atoms with Crippen molar-refractivity contribution in [2.75, 3.05) is 13.2 Å². The predicted octanol–water partition coefficient (Wildman–Crippen LogP) is 17.7. The van der Waals surface area contributed by atoms with Gasteiger partial charge in [-0.15, -0.1) is 0 Å². The maximum atomic E-state index is 13.2. The Morgan fingerprint density at radius 3 is 1.12 bits per heavy atom. The van der Waals surface area contributed by atoms with Gasteiger partial charge in [0.1, 0.15) is 24.4 Å². The number of rotatable bonds is 62. The van der Waals surface area contributed by atoms with Gasteiger partial charge in [-0.3, -0.25) is 9.35 Å². The van der Waals surface area contributed by atoms with Gasteiger partial charge in [-0.2, -0.15) is 8.42 Å². The van der Waals surface area contributed by atoms with Gasteiger partial charge in [-0.25, -0.2) is 4.18 Å². The molecular formula is C67H131NO11S. The number of nitrogens with one attached hydrogen (secondary N) is 1. The number of ether oxygens (including phenoxy) is 2. The molecule has 1 fully saturated rings. The lowest BCUT2D eigenvalue weighted by Gasteiger charge is -2.41. The van der Waals surface area contributed by atoms with Gasteiger partial charge in [0.15, 0.2) is 6.29 Å². The van der Waals surface area contributed by atoms with E-state index in [1.807, 2.05) is 0 Å². The second-order valence-electron chi connectivity index (χ2n) is 24.5. The number of unbranched alkanes of at least 4 members (excludes halogenated alkanes) is 48. The van der Waals surface area contributed by atoms with E-state index in [1.54, 1.807) is 0 Å². The van der Waals surface area contributed by atoms with Gasteiger partial charge in [-0.1, -0.05) is 321 Å². The SMILES string of the molecule is CCCCCCCCCCCCCCCCCCCC/C=C\CCCCCCCCCCCCCCCCCCCC(=O)NC(COC1OC(CO)C(O)C(OS(=O)(=O)O)C1O)C(O)CCCCCCCCCCCCCCCC. The van der Waals surface area contributed by atoms with E-state index in [0.717, 1.165) is 51.4 Å². The molecule has 7 atom stereocenters. The van der Waals surface area contributed by atoms with Crippen LogP contribution < -0.4 is 5.32 Å². The lowest BCUT2D eigenvalue weighted by Crippen LogP contribution is -2.61. The lowest BCUT2D eigenvalue weighted by atomic mass is 9.99. The summed E-state index contributed by atoms with van der Waals surface area (Å²) < 4.78 is 48.0. The highest BCUT2D eigenvalue weighted by Gasteiger charge is 2.48. The van der Waals surface area contributed by atoms with E-state index in [4.69, 9.17) is 9.47 Å². The van der Waals surface area contributed by atoms with E-state index >= 15 is 0 Å². The first-order valence-corrected chi connectivity index (χ1v) is 35.9. The van der Waals surface area contributed by atoms with Crippen molar-refractivity contribution in [3.8, 4) is 0 Å². The summed E-state index contributed by atoms with van der Waals surface area (Å²) in [5, 5.41) is 45.2. The van der Waals surface area contributed by atoms with Gasteiger partial charge in [0, 0.05) is 6.42 Å². The van der Waals surface area contributed by atoms with Gasteiger partial charge >= 0.3 is 10.4 Å². The zero-order valence-corrected chi connectivity index (χ0v) is 53.0. The highest BCUT2D eigenvalue weighted by Crippen LogP contribution is 2.27. The second-order valence-corrected chi connectivity index (χ2v) is 25.5. The minimum Gasteiger partial charge on any atom is -0.394 e. The molecule has 1 aliphatic heterocycles. The van der Waals surface area contributed by atoms with Crippen LogP contribution >= 0.6 is 0 Å². The Kier molecular flexibility index (Phi) is 54.7. The molecule has 1 rings (SSSR count). The maximum Gasteiger partial charge on any atom is 0.397 e. The largest absolute Gasteiger partial charge is 0.397 e. The summed E-state index contributed by atoms with van der Waals surface area (Å²) in [6.45, 7) is 3.50. The highest BCUT2D eigenvalue weighted by molar-refractivity contribution is 7.80. The van der Waals surface area contributed by atoms with Crippen LogP contribution in [0.3, 0.4) is 0 Å². The summed E-state index contributed by atoms with van der Waals surface area (Å²) >= 11 is 0. The standard InChI is InChI=1S/C67H131NO11S/c1-3-5-7-9-11-13-15-17-19-20-21-22-23-24-25-26-27-28-29-30-31-32-33-34-35-36-37-38-39-40-41-42-43-45-47-49-51-53-55-57-63(71)68-60(59-77-67-65(73)66(79-80(74,75)76)64(72)62(58-69)78-67)61(70)56-54-52-50-48-46-44-18-16-14-12-10-8-6-4-2/h30-31,60-62,64-67,69-70,72-73H,3-29,32-59H2,1-2H3,(H,68,71)(H,74,75,76)/b31-30-. The lowest BCUT2D eigenvalue weighted by molar-refractivity contribution is -0.298. The van der Waals surface area contributed by atoms with Crippen molar-refractivity contribution in [1.82, 2.24) is 5.32 Å². The third-order valence-corrected chi connectivity index (χ3v) is 17.3. The average molecular weight is 1160 g/mol. The molecule has 1 aliphatic rings. The molecule has 0 aromatic rings. The van der Waals surface area contributed by atoms with E-state index in [9.17, 15) is 38.2 Å². The summed E-state index contributed by atoms with van der Waals surface area (Å²) in [5.74, 6) is -0.223. The van der Waals surface area contributed by atoms with Crippen LogP contribution in [0, 0.1) is 0 Å². The van der Waals surface area contributed by atoms with E-state index in [-0.39, 0.29) is 12.5 Å². The first-order chi connectivity index (χ1) is 39.0. The quantitative estimate of drug-likeness (QED) is 0.0193. The molecule has 0 saturated carbocycles. The van der Waals surface area contributed by atoms with Crippen molar-refractivity contribution in [3.05, 3.63) is 12.2 Å². The molecule has 0 aromatic carbocycles. The van der Waals surface area contributed by atoms with Crippen LogP contribution in [0.4, 0.5) is 0 Å². The molecule has 476 valence electrons. The van der Waals surface area contributed by atoms with Crippen LogP contribution in [0.2, 0.25) is 0 Å². The van der Waals surface area contributed by atoms with Crippen molar-refractivity contribution in [2.45, 2.75) is 397 Å². The van der Waals surface area contributed by atoms with E-state index in [0.29, 0.717) is 12.8 Å². The molecule has 1 amide bonds. The molecule has 13 heteroatoms. The van der Waals surface area contributed by atoms with Crippen molar-refractivity contribution < 1.29 is 51.8 Å². The summed E-state index contributed by atoms with van der Waals surface area (Å²) in [6, 6.07) is -0.855. The number of carbonyl (C=O) groups is 1. The fraction of sp³-hybridized carbons (Fsp3) is 0.955. The van der Waals surface area contributed by atoms with Crippen LogP contribution in [-0.4, -0.2) is 95.4 Å². The van der Waals surface area contributed by atoms with Gasteiger partial charge in [0.2, 0.25) is 5.91 Å². The minimum absolute atomic E-state index is 0.223. The van der Waals surface area contributed by atoms with Gasteiger partial charge in [-0.05, 0) is 38.5 Å². The van der Waals surface area contributed by atoms with E-state index < -0.39 is 59.9 Å². The number of amides is 1. The number of aliphatic hydroxyl groups is 4. The summed E-state index contributed by atoms with van der Waals surface area (Å²) in [4.78, 5) is 13.2. The minimum atomic E-state index is -5.08. The van der Waals surface area contributed by atoms with Gasteiger partial charge < -0.3 is 35.2 Å². The normalized spacial score (nSPS) is 18.6. The molecule has 1 heterocycles. The molecule has 6 N–H and O–H groups in total. The molecule has 0 spiro atoms. The third-order valence-electron chi connectivity index (χ3n) is 16.8. The molecule has 0 aromatic heterocycles. The number of aliphatic hydroxyl groups excluding tert-OH is 4. The Labute approximate surface area is 493 Å². The van der Waals surface area contributed by atoms with Crippen LogP contribution in [-0.2, 0) is 28.9 Å². The maximum absolute atomic E-state index is 13.2. The van der Waals surface area contributed by atoms with E-state index in [2.05, 4.69) is 35.5 Å². The Balaban J connectivity index is 2.11. The molecule has 0 bridgehead atoms. The number of carbonyl (C=O) groups excluding carboxylic acids is 1. The van der Waals surface area contributed by atoms with Crippen LogP contribution in [0.15, 0.2) is 12.2 Å². The fourth-order valence-corrected chi connectivity index (χ4v) is 12.0. The molecule has 0 radical (unpaired) electrons. The molecule has 1 saturated heterocycles. The topological polar surface area (TPSA) is 192 Å². The molecular weight excluding hydrogens is 1030 g/mol. The number of allylic oxidation sites excluding steroid dienone is 2. The molecule has 80 heavy (non-hydrogen) atoms. The highest BCUT2D eigenvalue weighted by atomic mass is 32.3. The summed E-state index contributed by atoms with van der Waals surface area (Å²) in [6.07, 6.45) is 62.8. The Hall–Kier alpha value is -1.16. The summed E-state index contributed by atoms with van der Waals surface area (Å²) in [5.41, 5.74) is 0. The molecule has 7 unspecified atom stereocenters. The second kappa shape index (κ2) is 56.9.